The van der Waals surface area contributed by atoms with Gasteiger partial charge in [0.1, 0.15) is 0 Å². The summed E-state index contributed by atoms with van der Waals surface area (Å²) in [5.41, 5.74) is 0. The maximum atomic E-state index is 12.5. The van der Waals surface area contributed by atoms with Crippen molar-refractivity contribution in [2.75, 3.05) is 33.8 Å². The zero-order valence-electron chi connectivity index (χ0n) is 14.3. The fourth-order valence-electron chi connectivity index (χ4n) is 3.98. The lowest BCUT2D eigenvalue weighted by Gasteiger charge is -2.38. The topological polar surface area (TPSA) is 55.8 Å². The highest BCUT2D eigenvalue weighted by molar-refractivity contribution is 5.75. The Bertz CT molecular complexity index is 339. The minimum absolute atomic E-state index is 0.0919. The summed E-state index contributed by atoms with van der Waals surface area (Å²) in [5.74, 6) is 0.778. The van der Waals surface area contributed by atoms with E-state index in [-0.39, 0.29) is 18.7 Å². The molecule has 5 heteroatoms. The predicted octanol–water partition coefficient (Wildman–Crippen LogP) is 2.05. The van der Waals surface area contributed by atoms with E-state index in [4.69, 9.17) is 0 Å². The number of nitrogens with one attached hydrogen (secondary N) is 1. The van der Waals surface area contributed by atoms with Crippen LogP contribution in [0.1, 0.15) is 51.4 Å². The molecule has 2 aliphatic rings. The lowest BCUT2D eigenvalue weighted by Crippen LogP contribution is -2.52. The van der Waals surface area contributed by atoms with E-state index in [2.05, 4.69) is 24.3 Å². The molecular weight excluding hydrogens is 278 g/mol. The Morgan fingerprint density at radius 3 is 2.55 bits per heavy atom. The molecule has 22 heavy (non-hydrogen) atoms. The van der Waals surface area contributed by atoms with E-state index in [1.165, 1.54) is 19.3 Å². The number of piperidine rings is 1. The van der Waals surface area contributed by atoms with Crippen molar-refractivity contribution >= 4 is 6.03 Å². The maximum absolute atomic E-state index is 12.5. The van der Waals surface area contributed by atoms with Gasteiger partial charge in [0.15, 0.2) is 0 Å². The molecule has 2 rings (SSSR count). The van der Waals surface area contributed by atoms with Crippen molar-refractivity contribution in [3.63, 3.8) is 0 Å². The zero-order valence-corrected chi connectivity index (χ0v) is 14.3. The number of rotatable bonds is 5. The minimum atomic E-state index is 0.0919. The van der Waals surface area contributed by atoms with Gasteiger partial charge in [-0.3, -0.25) is 0 Å². The van der Waals surface area contributed by atoms with Crippen LogP contribution < -0.4 is 5.32 Å². The molecule has 2 amide bonds. The second-order valence-electron chi connectivity index (χ2n) is 7.28. The molecule has 2 N–H and O–H groups in total. The number of urea groups is 1. The van der Waals surface area contributed by atoms with E-state index in [1.54, 1.807) is 0 Å². The molecule has 1 saturated heterocycles. The van der Waals surface area contributed by atoms with Gasteiger partial charge in [0, 0.05) is 31.8 Å². The molecule has 1 heterocycles. The Morgan fingerprint density at radius 2 is 1.91 bits per heavy atom. The molecule has 0 aromatic heterocycles. The molecule has 1 aliphatic carbocycles. The number of amides is 2. The standard InChI is InChI=1S/C17H33N3O2/c1-19(2)13-14-6-8-15(9-7-14)18-17(22)20-11-4-3-5-16(20)10-12-21/h14-16,21H,3-13H2,1-2H3,(H,18,22). The third-order valence-electron chi connectivity index (χ3n) is 5.15. The smallest absolute Gasteiger partial charge is 0.317 e. The summed E-state index contributed by atoms with van der Waals surface area (Å²) < 4.78 is 0. The van der Waals surface area contributed by atoms with Gasteiger partial charge < -0.3 is 20.2 Å². The molecule has 0 bridgehead atoms. The molecule has 1 atom stereocenters. The maximum Gasteiger partial charge on any atom is 0.317 e. The molecule has 1 unspecified atom stereocenters. The number of aliphatic hydroxyl groups is 1. The first kappa shape index (κ1) is 17.5. The highest BCUT2D eigenvalue weighted by Crippen LogP contribution is 2.25. The minimum Gasteiger partial charge on any atom is -0.396 e. The second-order valence-corrected chi connectivity index (χ2v) is 7.28. The van der Waals surface area contributed by atoms with Crippen LogP contribution in [0.5, 0.6) is 0 Å². The summed E-state index contributed by atoms with van der Waals surface area (Å²) in [7, 11) is 4.26. The van der Waals surface area contributed by atoms with Gasteiger partial charge in [-0.2, -0.15) is 0 Å². The number of nitrogens with zero attached hydrogens (tertiary/aromatic N) is 2. The quantitative estimate of drug-likeness (QED) is 0.817. The molecular formula is C17H33N3O2. The zero-order chi connectivity index (χ0) is 15.9. The summed E-state index contributed by atoms with van der Waals surface area (Å²) in [6, 6.07) is 0.653. The fourth-order valence-corrected chi connectivity index (χ4v) is 3.98. The third kappa shape index (κ3) is 5.13. The van der Waals surface area contributed by atoms with E-state index < -0.39 is 0 Å². The molecule has 0 aromatic carbocycles. The third-order valence-corrected chi connectivity index (χ3v) is 5.15. The van der Waals surface area contributed by atoms with Crippen molar-refractivity contribution in [2.24, 2.45) is 5.92 Å². The van der Waals surface area contributed by atoms with Crippen molar-refractivity contribution in [1.29, 1.82) is 0 Å². The highest BCUT2D eigenvalue weighted by Gasteiger charge is 2.29. The summed E-state index contributed by atoms with van der Waals surface area (Å²) in [6.45, 7) is 2.17. The average molecular weight is 311 g/mol. The van der Waals surface area contributed by atoms with Crippen molar-refractivity contribution in [3.05, 3.63) is 0 Å². The van der Waals surface area contributed by atoms with Crippen LogP contribution in [0, 0.1) is 5.92 Å². The normalized spacial score (nSPS) is 29.6. The van der Waals surface area contributed by atoms with Gasteiger partial charge >= 0.3 is 6.03 Å². The Morgan fingerprint density at radius 1 is 1.18 bits per heavy atom. The molecule has 5 nitrogen and oxygen atoms in total. The first-order valence-corrected chi connectivity index (χ1v) is 8.93. The summed E-state index contributed by atoms with van der Waals surface area (Å²) in [4.78, 5) is 16.8. The van der Waals surface area contributed by atoms with Crippen molar-refractivity contribution in [3.8, 4) is 0 Å². The summed E-state index contributed by atoms with van der Waals surface area (Å²) in [6.07, 6.45) is 8.62. The van der Waals surface area contributed by atoms with Crippen LogP contribution in [-0.4, -0.2) is 66.8 Å². The van der Waals surface area contributed by atoms with Gasteiger partial charge in [0.2, 0.25) is 0 Å². The first-order chi connectivity index (χ1) is 10.6. The lowest BCUT2D eigenvalue weighted by atomic mass is 9.86. The lowest BCUT2D eigenvalue weighted by molar-refractivity contribution is 0.126. The molecule has 0 aromatic rings. The Balaban J connectivity index is 1.77. The SMILES string of the molecule is CN(C)CC1CCC(NC(=O)N2CCCCC2CCO)CC1. The van der Waals surface area contributed by atoms with Gasteiger partial charge in [-0.25, -0.2) is 4.79 Å². The summed E-state index contributed by atoms with van der Waals surface area (Å²) in [5, 5.41) is 12.4. The van der Waals surface area contributed by atoms with Crippen LogP contribution in [0.25, 0.3) is 0 Å². The molecule has 128 valence electrons. The Hall–Kier alpha value is -0.810. The van der Waals surface area contributed by atoms with E-state index in [0.29, 0.717) is 12.5 Å². The largest absolute Gasteiger partial charge is 0.396 e. The van der Waals surface area contributed by atoms with E-state index >= 15 is 0 Å². The molecule has 1 saturated carbocycles. The number of carbonyl (C=O) groups excluding carboxylic acids is 1. The molecule has 0 radical (unpaired) electrons. The first-order valence-electron chi connectivity index (χ1n) is 8.93. The fraction of sp³-hybridized carbons (Fsp3) is 0.941. The van der Waals surface area contributed by atoms with E-state index in [1.807, 2.05) is 4.90 Å². The van der Waals surface area contributed by atoms with Crippen molar-refractivity contribution in [1.82, 2.24) is 15.1 Å². The monoisotopic (exact) mass is 311 g/mol. The van der Waals surface area contributed by atoms with Crippen LogP contribution in [0.2, 0.25) is 0 Å². The number of hydrogen-bond acceptors (Lipinski definition) is 3. The van der Waals surface area contributed by atoms with E-state index in [0.717, 1.165) is 44.7 Å². The van der Waals surface area contributed by atoms with Crippen LogP contribution in [0.3, 0.4) is 0 Å². The Labute approximate surface area is 135 Å². The van der Waals surface area contributed by atoms with Gasteiger partial charge in [-0.05, 0) is 71.4 Å². The number of aliphatic hydroxyl groups excluding tert-OH is 1. The van der Waals surface area contributed by atoms with Crippen LogP contribution >= 0.6 is 0 Å². The van der Waals surface area contributed by atoms with Gasteiger partial charge in [-0.1, -0.05) is 0 Å². The van der Waals surface area contributed by atoms with E-state index in [9.17, 15) is 9.90 Å². The van der Waals surface area contributed by atoms with Crippen LogP contribution in [0.15, 0.2) is 0 Å². The summed E-state index contributed by atoms with van der Waals surface area (Å²) >= 11 is 0. The number of carbonyl (C=O) groups is 1. The van der Waals surface area contributed by atoms with Crippen molar-refractivity contribution < 1.29 is 9.90 Å². The number of hydrogen-bond donors (Lipinski definition) is 2. The molecule has 0 spiro atoms. The van der Waals surface area contributed by atoms with Gasteiger partial charge in [0.05, 0.1) is 0 Å². The molecule has 1 aliphatic heterocycles. The average Bonchev–Trinajstić information content (AvgIpc) is 2.49. The van der Waals surface area contributed by atoms with Gasteiger partial charge in [-0.15, -0.1) is 0 Å². The Kier molecular flexibility index (Phi) is 6.96. The van der Waals surface area contributed by atoms with Crippen LogP contribution in [0.4, 0.5) is 4.79 Å². The van der Waals surface area contributed by atoms with Gasteiger partial charge in [0.25, 0.3) is 0 Å². The predicted molar refractivity (Wildman–Crippen MR) is 88.9 cm³/mol. The highest BCUT2D eigenvalue weighted by atomic mass is 16.3. The number of likely N-dealkylation sites (tertiary alicyclic amines) is 1. The van der Waals surface area contributed by atoms with Crippen molar-refractivity contribution in [2.45, 2.75) is 63.5 Å². The second kappa shape index (κ2) is 8.73. The molecule has 2 fully saturated rings. The van der Waals surface area contributed by atoms with Crippen LogP contribution in [-0.2, 0) is 0 Å².